The van der Waals surface area contributed by atoms with E-state index in [4.69, 9.17) is 0 Å². The van der Waals surface area contributed by atoms with E-state index in [-0.39, 0.29) is 0 Å². The second-order valence-corrected chi connectivity index (χ2v) is 5.08. The highest BCUT2D eigenvalue weighted by Gasteiger charge is 1.98. The van der Waals surface area contributed by atoms with E-state index in [1.807, 2.05) is 12.1 Å². The molecular formula is C19H24N2. The van der Waals surface area contributed by atoms with E-state index < -0.39 is 0 Å². The lowest BCUT2D eigenvalue weighted by atomic mass is 10.2. The lowest BCUT2D eigenvalue weighted by Gasteiger charge is -2.14. The van der Waals surface area contributed by atoms with Crippen molar-refractivity contribution in [3.8, 4) is 0 Å². The second kappa shape index (κ2) is 8.85. The number of allylic oxidation sites excluding steroid dienone is 1. The molecule has 0 saturated heterocycles. The summed E-state index contributed by atoms with van der Waals surface area (Å²) in [6.45, 7) is 3.89. The Labute approximate surface area is 127 Å². The van der Waals surface area contributed by atoms with Crippen LogP contribution < -0.4 is 10.6 Å². The van der Waals surface area contributed by atoms with Crippen LogP contribution in [0.15, 0.2) is 72.6 Å². The maximum absolute atomic E-state index is 3.49. The normalized spacial score (nSPS) is 9.95. The van der Waals surface area contributed by atoms with Crippen molar-refractivity contribution in [1.82, 2.24) is 10.6 Å². The summed E-state index contributed by atoms with van der Waals surface area (Å²) in [6.07, 6.45) is 4.48. The summed E-state index contributed by atoms with van der Waals surface area (Å²) < 4.78 is 0. The number of hydrogen-bond acceptors (Lipinski definition) is 2. The highest BCUT2D eigenvalue weighted by molar-refractivity contribution is 5.17. The first-order valence-electron chi connectivity index (χ1n) is 7.64. The van der Waals surface area contributed by atoms with Crippen LogP contribution in [-0.4, -0.2) is 0 Å². The maximum atomic E-state index is 3.49. The highest BCUT2D eigenvalue weighted by Crippen LogP contribution is 2.02. The highest BCUT2D eigenvalue weighted by atomic mass is 15.1. The van der Waals surface area contributed by atoms with Crippen LogP contribution in [0.25, 0.3) is 0 Å². The first-order chi connectivity index (χ1) is 10.4. The van der Waals surface area contributed by atoms with E-state index in [0.29, 0.717) is 0 Å². The van der Waals surface area contributed by atoms with Crippen molar-refractivity contribution >= 4 is 0 Å². The predicted octanol–water partition coefficient (Wildman–Crippen LogP) is 4.21. The molecule has 0 radical (unpaired) electrons. The Hall–Kier alpha value is -2.22. The van der Waals surface area contributed by atoms with Crippen molar-refractivity contribution < 1.29 is 0 Å². The van der Waals surface area contributed by atoms with Crippen LogP contribution in [0.5, 0.6) is 0 Å². The molecule has 0 atom stereocenters. The molecule has 21 heavy (non-hydrogen) atoms. The van der Waals surface area contributed by atoms with Gasteiger partial charge in [-0.25, -0.2) is 0 Å². The van der Waals surface area contributed by atoms with E-state index in [0.717, 1.165) is 31.8 Å². The molecule has 2 rings (SSSR count). The molecule has 2 aromatic carbocycles. The standard InChI is InChI=1S/C19H24N2/c1-2-3-14-19(20-15-17-10-6-4-7-11-17)21-16-18-12-8-5-9-13-18/h4-14,20-21H,2-3,15-16H2,1H3. The lowest BCUT2D eigenvalue weighted by molar-refractivity contribution is 0.672. The summed E-state index contributed by atoms with van der Waals surface area (Å²) in [5.41, 5.74) is 2.59. The fraction of sp³-hybridized carbons (Fsp3) is 0.263. The van der Waals surface area contributed by atoms with Gasteiger partial charge in [0.1, 0.15) is 0 Å². The molecule has 0 aliphatic rings. The molecule has 2 heteroatoms. The molecule has 0 fully saturated rings. The van der Waals surface area contributed by atoms with Gasteiger partial charge in [-0.05, 0) is 23.6 Å². The topological polar surface area (TPSA) is 24.1 Å². The molecule has 0 amide bonds. The lowest BCUT2D eigenvalue weighted by Crippen LogP contribution is -2.25. The first-order valence-corrected chi connectivity index (χ1v) is 7.64. The van der Waals surface area contributed by atoms with Crippen molar-refractivity contribution in [3.63, 3.8) is 0 Å². The maximum Gasteiger partial charge on any atom is 0.0950 e. The Kier molecular flexibility index (Phi) is 6.40. The number of hydrogen-bond donors (Lipinski definition) is 2. The number of unbranched alkanes of at least 4 members (excludes halogenated alkanes) is 1. The first kappa shape index (κ1) is 15.2. The van der Waals surface area contributed by atoms with Gasteiger partial charge < -0.3 is 10.6 Å². The van der Waals surface area contributed by atoms with Gasteiger partial charge in [0.2, 0.25) is 0 Å². The number of nitrogens with one attached hydrogen (secondary N) is 2. The molecule has 0 saturated carbocycles. The average Bonchev–Trinajstić information content (AvgIpc) is 2.56. The molecule has 0 heterocycles. The summed E-state index contributed by atoms with van der Waals surface area (Å²) in [5.74, 6) is 1.12. The van der Waals surface area contributed by atoms with Crippen LogP contribution in [0.3, 0.4) is 0 Å². The fourth-order valence-corrected chi connectivity index (χ4v) is 2.08. The summed E-state index contributed by atoms with van der Waals surface area (Å²) in [6, 6.07) is 20.9. The van der Waals surface area contributed by atoms with Crippen LogP contribution >= 0.6 is 0 Å². The minimum atomic E-state index is 0.845. The van der Waals surface area contributed by atoms with Crippen LogP contribution in [-0.2, 0) is 13.1 Å². The minimum Gasteiger partial charge on any atom is -0.368 e. The van der Waals surface area contributed by atoms with Crippen LogP contribution in [0.1, 0.15) is 30.9 Å². The van der Waals surface area contributed by atoms with Gasteiger partial charge in [0, 0.05) is 13.1 Å². The molecule has 0 aliphatic carbocycles. The molecule has 110 valence electrons. The zero-order valence-corrected chi connectivity index (χ0v) is 12.7. The number of rotatable bonds is 8. The van der Waals surface area contributed by atoms with Crippen molar-refractivity contribution in [2.24, 2.45) is 0 Å². The molecular weight excluding hydrogens is 256 g/mol. The van der Waals surface area contributed by atoms with E-state index in [1.54, 1.807) is 0 Å². The van der Waals surface area contributed by atoms with Gasteiger partial charge in [-0.1, -0.05) is 74.0 Å². The van der Waals surface area contributed by atoms with Gasteiger partial charge in [-0.2, -0.15) is 0 Å². The van der Waals surface area contributed by atoms with Crippen molar-refractivity contribution in [2.75, 3.05) is 0 Å². The third-order valence-corrected chi connectivity index (χ3v) is 3.29. The van der Waals surface area contributed by atoms with Gasteiger partial charge in [0.25, 0.3) is 0 Å². The minimum absolute atomic E-state index is 0.845. The van der Waals surface area contributed by atoms with Crippen LogP contribution in [0, 0.1) is 0 Å². The smallest absolute Gasteiger partial charge is 0.0950 e. The van der Waals surface area contributed by atoms with Crippen molar-refractivity contribution in [2.45, 2.75) is 32.9 Å². The molecule has 2 nitrogen and oxygen atoms in total. The molecule has 0 aromatic heterocycles. The Morgan fingerprint density at radius 3 is 1.71 bits per heavy atom. The third kappa shape index (κ3) is 5.74. The SMILES string of the molecule is CCCC=C(NCc1ccccc1)NCc1ccccc1. The Morgan fingerprint density at radius 2 is 1.29 bits per heavy atom. The molecule has 0 aliphatic heterocycles. The summed E-state index contributed by atoms with van der Waals surface area (Å²) in [4.78, 5) is 0. The molecule has 0 bridgehead atoms. The van der Waals surface area contributed by atoms with E-state index in [1.165, 1.54) is 11.1 Å². The Morgan fingerprint density at radius 1 is 0.810 bits per heavy atom. The van der Waals surface area contributed by atoms with Gasteiger partial charge >= 0.3 is 0 Å². The van der Waals surface area contributed by atoms with Crippen LogP contribution in [0.4, 0.5) is 0 Å². The summed E-state index contributed by atoms with van der Waals surface area (Å²) in [7, 11) is 0. The van der Waals surface area contributed by atoms with E-state index >= 15 is 0 Å². The van der Waals surface area contributed by atoms with Gasteiger partial charge in [-0.3, -0.25) is 0 Å². The molecule has 2 aromatic rings. The summed E-state index contributed by atoms with van der Waals surface area (Å²) in [5, 5.41) is 6.98. The van der Waals surface area contributed by atoms with Crippen molar-refractivity contribution in [1.29, 1.82) is 0 Å². The number of benzene rings is 2. The third-order valence-electron chi connectivity index (χ3n) is 3.29. The molecule has 2 N–H and O–H groups in total. The van der Waals surface area contributed by atoms with E-state index in [9.17, 15) is 0 Å². The molecule has 0 unspecified atom stereocenters. The molecule has 0 spiro atoms. The predicted molar refractivity (Wildman–Crippen MR) is 89.6 cm³/mol. The van der Waals surface area contributed by atoms with Gasteiger partial charge in [-0.15, -0.1) is 0 Å². The Balaban J connectivity index is 1.88. The summed E-state index contributed by atoms with van der Waals surface area (Å²) >= 11 is 0. The quantitative estimate of drug-likeness (QED) is 0.757. The monoisotopic (exact) mass is 280 g/mol. The van der Waals surface area contributed by atoms with Gasteiger partial charge in [0.15, 0.2) is 0 Å². The zero-order chi connectivity index (χ0) is 14.8. The second-order valence-electron chi connectivity index (χ2n) is 5.08. The largest absolute Gasteiger partial charge is 0.368 e. The van der Waals surface area contributed by atoms with Gasteiger partial charge in [0.05, 0.1) is 5.82 Å². The average molecular weight is 280 g/mol. The van der Waals surface area contributed by atoms with E-state index in [2.05, 4.69) is 72.2 Å². The fourth-order valence-electron chi connectivity index (χ4n) is 2.08. The van der Waals surface area contributed by atoms with Crippen molar-refractivity contribution in [3.05, 3.63) is 83.7 Å². The Bertz CT molecular complexity index is 487. The van der Waals surface area contributed by atoms with Crippen LogP contribution in [0.2, 0.25) is 0 Å². The zero-order valence-electron chi connectivity index (χ0n) is 12.7.